The van der Waals surface area contributed by atoms with Gasteiger partial charge < -0.3 is 35.4 Å². The molecular formula is C35H43N5O7. The van der Waals surface area contributed by atoms with Crippen LogP contribution < -0.4 is 26.8 Å². The fraction of sp³-hybridized carbons (Fsp3) is 0.514. The number of rotatable bonds is 11. The lowest BCUT2D eigenvalue weighted by atomic mass is 9.56. The maximum Gasteiger partial charge on any atom is 0.287 e. The number of amides is 4. The quantitative estimate of drug-likeness (QED) is 0.213. The van der Waals surface area contributed by atoms with Gasteiger partial charge in [0.25, 0.3) is 11.5 Å². The minimum Gasteiger partial charge on any atom is -0.451 e. The smallest absolute Gasteiger partial charge is 0.287 e. The summed E-state index contributed by atoms with van der Waals surface area (Å²) in [5.74, 6) is 0.476. The lowest BCUT2D eigenvalue weighted by Crippen LogP contribution is -2.52. The predicted octanol–water partition coefficient (Wildman–Crippen LogP) is 2.86. The van der Waals surface area contributed by atoms with Crippen molar-refractivity contribution in [3.05, 3.63) is 64.3 Å². The van der Waals surface area contributed by atoms with E-state index in [1.54, 1.807) is 25.1 Å². The normalized spacial score (nSPS) is 24.3. The maximum atomic E-state index is 13.5. The number of aliphatic hydroxyl groups is 1. The summed E-state index contributed by atoms with van der Waals surface area (Å²) in [6.45, 7) is 1.55. The summed E-state index contributed by atoms with van der Waals surface area (Å²) in [6, 6.07) is 9.04. The molecule has 3 aliphatic carbocycles. The summed E-state index contributed by atoms with van der Waals surface area (Å²) in [6.07, 6.45) is 7.02. The zero-order valence-corrected chi connectivity index (χ0v) is 26.8. The van der Waals surface area contributed by atoms with Gasteiger partial charge in [0.15, 0.2) is 5.76 Å². The second-order valence-corrected chi connectivity index (χ2v) is 13.5. The zero-order valence-electron chi connectivity index (χ0n) is 26.8. The molecule has 1 aromatic carbocycles. The van der Waals surface area contributed by atoms with Crippen LogP contribution in [0.15, 0.2) is 51.8 Å². The molecule has 0 radical (unpaired) electrons. The third-order valence-corrected chi connectivity index (χ3v) is 10.5. The molecule has 2 heterocycles. The van der Waals surface area contributed by atoms with Gasteiger partial charge >= 0.3 is 0 Å². The number of hydrogen-bond donors (Lipinski definition) is 5. The molecule has 12 heteroatoms. The topological polar surface area (TPSA) is 172 Å². The van der Waals surface area contributed by atoms with E-state index in [4.69, 9.17) is 4.42 Å². The number of carbonyl (C=O) groups excluding carboxylic acids is 4. The van der Waals surface area contributed by atoms with Crippen LogP contribution in [0.4, 0.5) is 5.69 Å². The SMILES string of the molecule is CNC(=O)C(O)CC[C@H](NC(=O)c1oc2ccccc2c1C)C(=O)Nc1cccn(CC(=O)NC2CC3CCC4CC3CC2C4)c1=O. The van der Waals surface area contributed by atoms with Gasteiger partial charge in [0.05, 0.1) is 0 Å². The summed E-state index contributed by atoms with van der Waals surface area (Å²) in [7, 11) is 1.38. The summed E-state index contributed by atoms with van der Waals surface area (Å²) in [5.41, 5.74) is 0.469. The van der Waals surface area contributed by atoms with Crippen molar-refractivity contribution < 1.29 is 28.7 Å². The highest BCUT2D eigenvalue weighted by atomic mass is 16.3. The Morgan fingerprint density at radius 1 is 0.957 bits per heavy atom. The Morgan fingerprint density at radius 2 is 1.74 bits per heavy atom. The number of aryl methyl sites for hydroxylation is 1. The molecule has 47 heavy (non-hydrogen) atoms. The van der Waals surface area contributed by atoms with E-state index in [9.17, 15) is 29.1 Å². The van der Waals surface area contributed by atoms with Crippen LogP contribution in [0.2, 0.25) is 0 Å². The van der Waals surface area contributed by atoms with Crippen molar-refractivity contribution in [1.29, 1.82) is 0 Å². The highest BCUT2D eigenvalue weighted by molar-refractivity contribution is 6.03. The monoisotopic (exact) mass is 645 g/mol. The van der Waals surface area contributed by atoms with Crippen molar-refractivity contribution in [3.8, 4) is 0 Å². The molecule has 3 saturated carbocycles. The molecule has 250 valence electrons. The van der Waals surface area contributed by atoms with Crippen molar-refractivity contribution in [3.63, 3.8) is 0 Å². The number of aromatic nitrogens is 1. The molecule has 4 amide bonds. The number of furan rings is 1. The molecule has 3 fully saturated rings. The van der Waals surface area contributed by atoms with Gasteiger partial charge in [0.2, 0.25) is 17.7 Å². The number of nitrogens with zero attached hydrogens (tertiary/aromatic N) is 1. The Morgan fingerprint density at radius 3 is 2.53 bits per heavy atom. The van der Waals surface area contributed by atoms with E-state index in [-0.39, 0.29) is 42.8 Å². The first-order valence-electron chi connectivity index (χ1n) is 16.6. The number of fused-ring (bicyclic) bond motifs is 3. The molecule has 7 atom stereocenters. The van der Waals surface area contributed by atoms with Crippen LogP contribution in [0.25, 0.3) is 11.0 Å². The summed E-state index contributed by atoms with van der Waals surface area (Å²) in [5, 5.41) is 21.8. The average Bonchev–Trinajstić information content (AvgIpc) is 3.40. The van der Waals surface area contributed by atoms with E-state index in [1.807, 2.05) is 12.1 Å². The molecule has 5 N–H and O–H groups in total. The molecule has 2 aromatic heterocycles. The summed E-state index contributed by atoms with van der Waals surface area (Å²) in [4.78, 5) is 65.3. The molecule has 0 spiro atoms. The molecule has 3 aliphatic rings. The molecule has 6 rings (SSSR count). The maximum absolute atomic E-state index is 13.5. The Balaban J connectivity index is 1.14. The third-order valence-electron chi connectivity index (χ3n) is 10.5. The van der Waals surface area contributed by atoms with Gasteiger partial charge in [0, 0.05) is 30.2 Å². The van der Waals surface area contributed by atoms with E-state index in [0.29, 0.717) is 23.0 Å². The number of benzene rings is 1. The number of hydrogen-bond acceptors (Lipinski definition) is 7. The van der Waals surface area contributed by atoms with Gasteiger partial charge in [-0.2, -0.15) is 0 Å². The number of pyridine rings is 1. The molecule has 3 bridgehead atoms. The van der Waals surface area contributed by atoms with Gasteiger partial charge in [-0.15, -0.1) is 0 Å². The Kier molecular flexibility index (Phi) is 9.49. The number of nitrogens with one attached hydrogen (secondary N) is 4. The Hall–Kier alpha value is -4.45. The molecule has 0 saturated heterocycles. The first kappa shape index (κ1) is 32.5. The number of para-hydroxylation sites is 1. The van der Waals surface area contributed by atoms with Crippen LogP contribution in [0, 0.1) is 30.6 Å². The molecule has 0 aliphatic heterocycles. The van der Waals surface area contributed by atoms with Crippen molar-refractivity contribution in [1.82, 2.24) is 20.5 Å². The largest absolute Gasteiger partial charge is 0.451 e. The number of likely N-dealkylation sites (N-methyl/N-ethyl adjacent to an activating group) is 1. The van der Waals surface area contributed by atoms with Crippen molar-refractivity contribution in [2.24, 2.45) is 23.7 Å². The second kappa shape index (κ2) is 13.7. The van der Waals surface area contributed by atoms with Crippen LogP contribution in [0.5, 0.6) is 0 Å². The van der Waals surface area contributed by atoms with Crippen molar-refractivity contribution in [2.45, 2.75) is 83.0 Å². The molecular weight excluding hydrogens is 602 g/mol. The van der Waals surface area contributed by atoms with Crippen LogP contribution in [-0.4, -0.2) is 58.5 Å². The fourth-order valence-corrected chi connectivity index (χ4v) is 8.06. The molecule has 6 unspecified atom stereocenters. The fourth-order valence-electron chi connectivity index (χ4n) is 8.06. The first-order valence-corrected chi connectivity index (χ1v) is 16.6. The number of anilines is 1. The minimum absolute atomic E-state index is 0.0264. The molecule has 12 nitrogen and oxygen atoms in total. The van der Waals surface area contributed by atoms with Gasteiger partial charge in [-0.3, -0.25) is 24.0 Å². The second-order valence-electron chi connectivity index (χ2n) is 13.5. The third kappa shape index (κ3) is 6.97. The lowest BCUT2D eigenvalue weighted by Gasteiger charge is -2.51. The zero-order chi connectivity index (χ0) is 33.2. The van der Waals surface area contributed by atoms with Crippen LogP contribution in [0.3, 0.4) is 0 Å². The Labute approximate surface area is 272 Å². The van der Waals surface area contributed by atoms with E-state index >= 15 is 0 Å². The van der Waals surface area contributed by atoms with Crippen molar-refractivity contribution in [2.75, 3.05) is 12.4 Å². The minimum atomic E-state index is -1.41. The van der Waals surface area contributed by atoms with E-state index in [1.165, 1.54) is 49.6 Å². The first-order chi connectivity index (χ1) is 22.6. The summed E-state index contributed by atoms with van der Waals surface area (Å²) < 4.78 is 7.01. The number of carbonyl (C=O) groups is 4. The van der Waals surface area contributed by atoms with Crippen LogP contribution in [-0.2, 0) is 20.9 Å². The van der Waals surface area contributed by atoms with Gasteiger partial charge in [0.1, 0.15) is 30.0 Å². The average molecular weight is 646 g/mol. The van der Waals surface area contributed by atoms with Crippen LogP contribution >= 0.6 is 0 Å². The standard InChI is InChI=1S/C35H43N5O7/c1-19-24-6-3-4-8-29(24)47-31(19)34(45)38-25(11-12-28(41)33(44)36-2)32(43)39-26-7-5-13-40(35(26)46)18-30(42)37-27-17-21-10-9-20-14-22(21)16-23(27)15-20/h3-8,13,20-23,25,27-28,41H,9-12,14-18H2,1-2H3,(H,36,44)(H,37,42)(H,38,45)(H,39,43)/t20?,21?,22?,23?,25-,27?,28?/m0/s1. The highest BCUT2D eigenvalue weighted by Gasteiger charge is 2.45. The molecule has 3 aromatic rings. The van der Waals surface area contributed by atoms with Crippen molar-refractivity contribution >= 4 is 40.3 Å². The van der Waals surface area contributed by atoms with Crippen LogP contribution in [0.1, 0.15) is 67.5 Å². The van der Waals surface area contributed by atoms with E-state index < -0.39 is 35.4 Å². The number of aliphatic hydroxyl groups excluding tert-OH is 1. The van der Waals surface area contributed by atoms with E-state index in [0.717, 1.165) is 30.1 Å². The van der Waals surface area contributed by atoms with Gasteiger partial charge in [-0.1, -0.05) is 24.6 Å². The summed E-state index contributed by atoms with van der Waals surface area (Å²) >= 11 is 0. The van der Waals surface area contributed by atoms with Gasteiger partial charge in [-0.05, 0) is 93.7 Å². The highest BCUT2D eigenvalue weighted by Crippen LogP contribution is 2.52. The van der Waals surface area contributed by atoms with Gasteiger partial charge in [-0.25, -0.2) is 0 Å². The Bertz CT molecular complexity index is 1730. The lowest BCUT2D eigenvalue weighted by molar-refractivity contribution is -0.129. The predicted molar refractivity (Wildman–Crippen MR) is 174 cm³/mol. The van der Waals surface area contributed by atoms with E-state index in [2.05, 4.69) is 21.3 Å².